The molecule has 14 heteroatoms. The summed E-state index contributed by atoms with van der Waals surface area (Å²) in [7, 11) is 0. The lowest BCUT2D eigenvalue weighted by Crippen LogP contribution is -2.64. The molecule has 2 aromatic carbocycles. The van der Waals surface area contributed by atoms with Crippen molar-refractivity contribution < 1.29 is 42.6 Å². The molecular weight excluding hydrogens is 535 g/mol. The molecular formula is C26H26F3N5O6. The molecule has 1 saturated heterocycles. The Morgan fingerprint density at radius 3 is 2.30 bits per heavy atom. The van der Waals surface area contributed by atoms with Crippen LogP contribution in [0.4, 0.5) is 30.4 Å². The molecule has 40 heavy (non-hydrogen) atoms. The number of aliphatic hydroxyl groups is 1. The average Bonchev–Trinajstić information content (AvgIpc) is 2.88. The predicted octanol–water partition coefficient (Wildman–Crippen LogP) is 2.32. The molecule has 2 unspecified atom stereocenters. The number of nitrogen functional groups attached to an aromatic ring is 1. The molecule has 212 valence electrons. The van der Waals surface area contributed by atoms with E-state index in [9.17, 15) is 32.7 Å². The molecule has 4 rings (SSSR count). The predicted molar refractivity (Wildman–Crippen MR) is 139 cm³/mol. The van der Waals surface area contributed by atoms with E-state index in [4.69, 9.17) is 15.6 Å². The number of aromatic nitrogens is 1. The van der Waals surface area contributed by atoms with Crippen molar-refractivity contribution in [2.45, 2.75) is 32.2 Å². The summed E-state index contributed by atoms with van der Waals surface area (Å²) in [5.74, 6) is -4.08. The molecule has 3 amide bonds. The first kappa shape index (κ1) is 29.8. The molecule has 5 N–H and O–H groups in total. The molecule has 0 saturated carbocycles. The van der Waals surface area contributed by atoms with E-state index in [0.717, 1.165) is 16.3 Å². The van der Waals surface area contributed by atoms with Gasteiger partial charge in [0.15, 0.2) is 6.10 Å². The topological polar surface area (TPSA) is 166 Å². The highest BCUT2D eigenvalue weighted by Gasteiger charge is 2.44. The second-order valence-corrected chi connectivity index (χ2v) is 8.85. The third kappa shape index (κ3) is 6.83. The van der Waals surface area contributed by atoms with Gasteiger partial charge in [0.25, 0.3) is 11.8 Å². The number of aliphatic hydroxyl groups excluding tert-OH is 1. The third-order valence-electron chi connectivity index (χ3n) is 6.04. The number of aliphatic carboxylic acids is 1. The number of aryl methyl sites for hydroxylation is 1. The van der Waals surface area contributed by atoms with Gasteiger partial charge in [0.05, 0.1) is 0 Å². The monoisotopic (exact) mass is 561 g/mol. The normalized spacial score (nSPS) is 16.1. The number of hydrogen-bond donors (Lipinski definition) is 4. The van der Waals surface area contributed by atoms with Crippen LogP contribution in [0.5, 0.6) is 0 Å². The zero-order valence-corrected chi connectivity index (χ0v) is 21.3. The van der Waals surface area contributed by atoms with Crippen LogP contribution >= 0.6 is 0 Å². The highest BCUT2D eigenvalue weighted by Crippen LogP contribution is 2.25. The number of nitrogens with one attached hydrogen (secondary N) is 1. The van der Waals surface area contributed by atoms with E-state index in [2.05, 4.69) is 10.3 Å². The Morgan fingerprint density at radius 1 is 1.10 bits per heavy atom. The molecule has 1 fully saturated rings. The Bertz CT molecular complexity index is 1430. The Balaban J connectivity index is 0.000000559. The lowest BCUT2D eigenvalue weighted by atomic mass is 10.0. The summed E-state index contributed by atoms with van der Waals surface area (Å²) in [5, 5.41) is 22.1. The Hall–Kier alpha value is -4.72. The number of pyridine rings is 1. The summed E-state index contributed by atoms with van der Waals surface area (Å²) in [5.41, 5.74) is 7.97. The maximum Gasteiger partial charge on any atom is 0.490 e. The number of carbonyl (C=O) groups is 4. The van der Waals surface area contributed by atoms with Gasteiger partial charge in [-0.3, -0.25) is 14.4 Å². The van der Waals surface area contributed by atoms with Crippen LogP contribution in [-0.2, 0) is 19.2 Å². The van der Waals surface area contributed by atoms with Gasteiger partial charge in [0.2, 0.25) is 5.91 Å². The highest BCUT2D eigenvalue weighted by molar-refractivity contribution is 6.06. The minimum absolute atomic E-state index is 0.201. The first-order valence-electron chi connectivity index (χ1n) is 11.8. The van der Waals surface area contributed by atoms with Crippen molar-refractivity contribution in [1.29, 1.82) is 0 Å². The van der Waals surface area contributed by atoms with Gasteiger partial charge in [0.1, 0.15) is 11.9 Å². The third-order valence-corrected chi connectivity index (χ3v) is 6.04. The maximum absolute atomic E-state index is 13.3. The number of alkyl halides is 3. The summed E-state index contributed by atoms with van der Waals surface area (Å²) in [6, 6.07) is 12.8. The van der Waals surface area contributed by atoms with Crippen molar-refractivity contribution in [2.75, 3.05) is 29.0 Å². The van der Waals surface area contributed by atoms with Crippen LogP contribution in [0.15, 0.2) is 54.7 Å². The quantitative estimate of drug-likeness (QED) is 0.377. The number of nitrogens with two attached hydrogens (primary N) is 1. The molecule has 2 heterocycles. The molecule has 11 nitrogen and oxygen atoms in total. The van der Waals surface area contributed by atoms with Crippen molar-refractivity contribution in [2.24, 2.45) is 0 Å². The Labute approximate surface area is 226 Å². The number of nitrogens with zero attached hydrogens (tertiary/aromatic N) is 3. The number of benzene rings is 2. The van der Waals surface area contributed by atoms with Crippen LogP contribution in [0.2, 0.25) is 0 Å². The van der Waals surface area contributed by atoms with Crippen molar-refractivity contribution in [3.05, 3.63) is 60.3 Å². The molecule has 1 aliphatic heterocycles. The summed E-state index contributed by atoms with van der Waals surface area (Å²) in [4.78, 5) is 54.1. The van der Waals surface area contributed by atoms with Gasteiger partial charge in [-0.25, -0.2) is 9.78 Å². The summed E-state index contributed by atoms with van der Waals surface area (Å²) < 4.78 is 31.7. The van der Waals surface area contributed by atoms with Gasteiger partial charge >= 0.3 is 12.1 Å². The van der Waals surface area contributed by atoms with E-state index >= 15 is 0 Å². The molecule has 0 radical (unpaired) electrons. The average molecular weight is 562 g/mol. The number of anilines is 3. The van der Waals surface area contributed by atoms with Crippen molar-refractivity contribution in [3.63, 3.8) is 0 Å². The standard InChI is InChI=1S/C24H25N5O4.C2HF3O2/c1-14-3-6-18(7-4-14)29-12-11-28(15(2)30)20(24(29)33)21(31)23(32)27-17-5-8-19-16(13-17)9-10-26-22(19)25;3-2(4,5)1(6)7/h3-10,13,20-21,31H,11-12H2,1-2H3,(H2,25,26)(H,27,32);(H,6,7). The zero-order valence-electron chi connectivity index (χ0n) is 21.3. The van der Waals surface area contributed by atoms with E-state index in [1.54, 1.807) is 42.6 Å². The molecule has 2 atom stereocenters. The van der Waals surface area contributed by atoms with Gasteiger partial charge in [-0.05, 0) is 48.7 Å². The number of halogens is 3. The van der Waals surface area contributed by atoms with Crippen molar-refractivity contribution in [3.8, 4) is 0 Å². The summed E-state index contributed by atoms with van der Waals surface area (Å²) in [6.45, 7) is 3.72. The maximum atomic E-state index is 13.3. The zero-order chi connectivity index (χ0) is 29.8. The SMILES string of the molecule is CC(=O)N1CCN(c2ccc(C)cc2)C(=O)C1C(O)C(=O)Nc1ccc2c(N)nccc2c1.O=C(O)C(F)(F)F. The minimum atomic E-state index is -5.08. The minimum Gasteiger partial charge on any atom is -0.475 e. The van der Waals surface area contributed by atoms with Crippen LogP contribution < -0.4 is 16.0 Å². The van der Waals surface area contributed by atoms with Gasteiger partial charge in [-0.1, -0.05) is 17.7 Å². The first-order valence-corrected chi connectivity index (χ1v) is 11.8. The van der Waals surface area contributed by atoms with E-state index in [1.165, 1.54) is 16.7 Å². The van der Waals surface area contributed by atoms with Crippen LogP contribution in [0.1, 0.15) is 12.5 Å². The molecule has 1 aromatic heterocycles. The van der Waals surface area contributed by atoms with Gasteiger partial charge < -0.3 is 31.1 Å². The van der Waals surface area contributed by atoms with Gasteiger partial charge in [0, 0.05) is 43.0 Å². The number of carboxylic acids is 1. The lowest BCUT2D eigenvalue weighted by molar-refractivity contribution is -0.192. The van der Waals surface area contributed by atoms with E-state index in [0.29, 0.717) is 17.2 Å². The lowest BCUT2D eigenvalue weighted by Gasteiger charge is -2.41. The Kier molecular flexibility index (Phi) is 8.94. The highest BCUT2D eigenvalue weighted by atomic mass is 19.4. The van der Waals surface area contributed by atoms with Crippen LogP contribution in [-0.4, -0.2) is 75.2 Å². The summed E-state index contributed by atoms with van der Waals surface area (Å²) in [6.07, 6.45) is -5.28. The summed E-state index contributed by atoms with van der Waals surface area (Å²) >= 11 is 0. The fourth-order valence-corrected chi connectivity index (χ4v) is 4.03. The van der Waals surface area contributed by atoms with E-state index in [-0.39, 0.29) is 13.1 Å². The fourth-order valence-electron chi connectivity index (χ4n) is 4.03. The molecule has 3 aromatic rings. The Morgan fingerprint density at radius 2 is 1.73 bits per heavy atom. The van der Waals surface area contributed by atoms with E-state index in [1.807, 2.05) is 19.1 Å². The van der Waals surface area contributed by atoms with Crippen LogP contribution in [0, 0.1) is 6.92 Å². The number of carbonyl (C=O) groups excluding carboxylic acids is 3. The van der Waals surface area contributed by atoms with Crippen LogP contribution in [0.3, 0.4) is 0 Å². The van der Waals surface area contributed by atoms with E-state index < -0.39 is 42.0 Å². The van der Waals surface area contributed by atoms with Gasteiger partial charge in [-0.2, -0.15) is 13.2 Å². The number of rotatable bonds is 4. The van der Waals surface area contributed by atoms with Crippen molar-refractivity contribution in [1.82, 2.24) is 9.88 Å². The largest absolute Gasteiger partial charge is 0.490 e. The fraction of sp³-hybridized carbons (Fsp3) is 0.269. The molecule has 0 spiro atoms. The first-order chi connectivity index (χ1) is 18.7. The van der Waals surface area contributed by atoms with Crippen LogP contribution in [0.25, 0.3) is 10.8 Å². The van der Waals surface area contributed by atoms with Crippen molar-refractivity contribution >= 4 is 51.7 Å². The number of fused-ring (bicyclic) bond motifs is 1. The van der Waals surface area contributed by atoms with Gasteiger partial charge in [-0.15, -0.1) is 0 Å². The second-order valence-electron chi connectivity index (χ2n) is 8.85. The smallest absolute Gasteiger partial charge is 0.475 e. The molecule has 0 aliphatic carbocycles. The molecule has 1 aliphatic rings. The number of hydrogen-bond acceptors (Lipinski definition) is 7. The number of piperazine rings is 1. The second kappa shape index (κ2) is 12.0. The number of amides is 3. The number of carboxylic acid groups (broad SMARTS) is 1. The molecule has 0 bridgehead atoms.